The minimum absolute atomic E-state index is 0.0173. The molecule has 6 nitrogen and oxygen atoms in total. The zero-order valence-electron chi connectivity index (χ0n) is 11.4. The van der Waals surface area contributed by atoms with Crippen LogP contribution in [0.15, 0.2) is 0 Å². The maximum atomic E-state index is 12.4. The number of nitrogens with zero attached hydrogens (tertiary/aromatic N) is 2. The second-order valence-electron chi connectivity index (χ2n) is 5.90. The summed E-state index contributed by atoms with van der Waals surface area (Å²) in [5.74, 6) is -1.26. The maximum Gasteiger partial charge on any atom is 0.311 e. The van der Waals surface area contributed by atoms with E-state index in [9.17, 15) is 19.5 Å². The lowest BCUT2D eigenvalue weighted by Crippen LogP contribution is -2.50. The molecule has 0 aromatic heterocycles. The molecular weight excluding hydrogens is 248 g/mol. The van der Waals surface area contributed by atoms with E-state index in [0.29, 0.717) is 25.9 Å². The summed E-state index contributed by atoms with van der Waals surface area (Å²) in [6, 6.07) is 0. The van der Waals surface area contributed by atoms with E-state index in [0.717, 1.165) is 0 Å². The molecule has 0 bridgehead atoms. The Morgan fingerprint density at radius 1 is 1.42 bits per heavy atom. The van der Waals surface area contributed by atoms with Gasteiger partial charge in [0.2, 0.25) is 11.8 Å². The number of aliphatic carboxylic acids is 1. The molecule has 2 fully saturated rings. The summed E-state index contributed by atoms with van der Waals surface area (Å²) >= 11 is 0. The number of carbonyl (C=O) groups excluding carboxylic acids is 2. The van der Waals surface area contributed by atoms with Crippen LogP contribution in [-0.2, 0) is 14.4 Å². The van der Waals surface area contributed by atoms with E-state index in [1.54, 1.807) is 23.8 Å². The first kappa shape index (κ1) is 13.8. The molecule has 106 valence electrons. The van der Waals surface area contributed by atoms with Gasteiger partial charge in [-0.25, -0.2) is 0 Å². The van der Waals surface area contributed by atoms with Crippen molar-refractivity contribution in [3.05, 3.63) is 0 Å². The highest BCUT2D eigenvalue weighted by Crippen LogP contribution is 2.31. The molecule has 2 aliphatic heterocycles. The van der Waals surface area contributed by atoms with Crippen LogP contribution in [0.4, 0.5) is 0 Å². The highest BCUT2D eigenvalue weighted by atomic mass is 16.4. The number of hydrogen-bond acceptors (Lipinski definition) is 3. The van der Waals surface area contributed by atoms with Crippen molar-refractivity contribution in [2.75, 3.05) is 26.7 Å². The Morgan fingerprint density at radius 3 is 2.63 bits per heavy atom. The number of likely N-dealkylation sites (tertiary alicyclic amines) is 2. The van der Waals surface area contributed by atoms with Crippen LogP contribution in [0.1, 0.15) is 26.2 Å². The monoisotopic (exact) mass is 268 g/mol. The van der Waals surface area contributed by atoms with Crippen molar-refractivity contribution in [2.24, 2.45) is 11.3 Å². The van der Waals surface area contributed by atoms with Gasteiger partial charge in [0.1, 0.15) is 0 Å². The average molecular weight is 268 g/mol. The van der Waals surface area contributed by atoms with Gasteiger partial charge in [0, 0.05) is 33.1 Å². The summed E-state index contributed by atoms with van der Waals surface area (Å²) in [5, 5.41) is 9.25. The first-order valence-corrected chi connectivity index (χ1v) is 6.59. The van der Waals surface area contributed by atoms with Crippen LogP contribution in [-0.4, -0.2) is 59.4 Å². The fraction of sp³-hybridized carbons (Fsp3) is 0.769. The zero-order chi connectivity index (χ0) is 14.2. The number of carboxylic acids is 1. The molecule has 6 heteroatoms. The molecule has 2 rings (SSSR count). The van der Waals surface area contributed by atoms with Gasteiger partial charge in [-0.1, -0.05) is 0 Å². The van der Waals surface area contributed by atoms with Crippen LogP contribution in [0.5, 0.6) is 0 Å². The predicted octanol–water partition coefficient (Wildman–Crippen LogP) is 0.178. The van der Waals surface area contributed by atoms with Gasteiger partial charge < -0.3 is 14.9 Å². The number of amides is 2. The maximum absolute atomic E-state index is 12.4. The number of carboxylic acid groups (broad SMARTS) is 1. The molecule has 2 amide bonds. The highest BCUT2D eigenvalue weighted by molar-refractivity contribution is 5.89. The first-order valence-electron chi connectivity index (χ1n) is 6.59. The second kappa shape index (κ2) is 4.83. The minimum Gasteiger partial charge on any atom is -0.481 e. The van der Waals surface area contributed by atoms with Crippen molar-refractivity contribution < 1.29 is 19.5 Å². The third kappa shape index (κ3) is 2.57. The van der Waals surface area contributed by atoms with Gasteiger partial charge >= 0.3 is 5.97 Å². The van der Waals surface area contributed by atoms with Crippen molar-refractivity contribution >= 4 is 17.8 Å². The zero-order valence-corrected chi connectivity index (χ0v) is 11.4. The summed E-state index contributed by atoms with van der Waals surface area (Å²) in [5.41, 5.74) is -0.859. The highest BCUT2D eigenvalue weighted by Gasteiger charge is 2.42. The van der Waals surface area contributed by atoms with Crippen molar-refractivity contribution in [1.82, 2.24) is 9.80 Å². The lowest BCUT2D eigenvalue weighted by molar-refractivity contribution is -0.154. The molecule has 2 unspecified atom stereocenters. The van der Waals surface area contributed by atoms with E-state index < -0.39 is 11.4 Å². The van der Waals surface area contributed by atoms with E-state index in [1.165, 1.54) is 0 Å². The number of rotatable bonds is 2. The summed E-state index contributed by atoms with van der Waals surface area (Å²) in [6.07, 6.45) is 1.54. The van der Waals surface area contributed by atoms with Gasteiger partial charge in [-0.2, -0.15) is 0 Å². The Hall–Kier alpha value is -1.59. The average Bonchev–Trinajstić information content (AvgIpc) is 2.68. The van der Waals surface area contributed by atoms with Crippen LogP contribution >= 0.6 is 0 Å². The van der Waals surface area contributed by atoms with E-state index in [4.69, 9.17) is 0 Å². The quantitative estimate of drug-likeness (QED) is 0.775. The van der Waals surface area contributed by atoms with E-state index >= 15 is 0 Å². The van der Waals surface area contributed by atoms with Gasteiger partial charge in [-0.15, -0.1) is 0 Å². The van der Waals surface area contributed by atoms with Gasteiger partial charge in [-0.3, -0.25) is 14.4 Å². The summed E-state index contributed by atoms with van der Waals surface area (Å²) in [4.78, 5) is 38.3. The normalized spacial score (nSPS) is 31.7. The standard InChI is InChI=1S/C13H20N2O4/c1-13(12(18)19)4-3-5-15(8-13)11(17)9-6-10(16)14(2)7-9/h9H,3-8H2,1-2H3,(H,18,19). The largest absolute Gasteiger partial charge is 0.481 e. The van der Waals surface area contributed by atoms with Gasteiger partial charge in [0.05, 0.1) is 11.3 Å². The summed E-state index contributed by atoms with van der Waals surface area (Å²) < 4.78 is 0. The molecule has 0 aliphatic carbocycles. The number of carbonyl (C=O) groups is 3. The Labute approximate surface area is 112 Å². The van der Waals surface area contributed by atoms with Crippen molar-refractivity contribution in [3.63, 3.8) is 0 Å². The number of hydrogen-bond donors (Lipinski definition) is 1. The molecule has 1 N–H and O–H groups in total. The van der Waals surface area contributed by atoms with Crippen LogP contribution in [0.2, 0.25) is 0 Å². The SMILES string of the molecule is CN1CC(C(=O)N2CCCC(C)(C(=O)O)C2)CC1=O. The molecule has 2 aliphatic rings. The second-order valence-corrected chi connectivity index (χ2v) is 5.90. The van der Waals surface area contributed by atoms with Crippen molar-refractivity contribution in [1.29, 1.82) is 0 Å². The molecule has 0 aromatic rings. The molecule has 19 heavy (non-hydrogen) atoms. The fourth-order valence-corrected chi connectivity index (χ4v) is 2.89. The van der Waals surface area contributed by atoms with Gasteiger partial charge in [-0.05, 0) is 19.8 Å². The molecular formula is C13H20N2O4. The molecule has 0 spiro atoms. The molecule has 2 saturated heterocycles. The molecule has 0 aromatic carbocycles. The minimum atomic E-state index is -0.859. The molecule has 0 radical (unpaired) electrons. The topological polar surface area (TPSA) is 77.9 Å². The number of piperidine rings is 1. The lowest BCUT2D eigenvalue weighted by atomic mass is 9.81. The fourth-order valence-electron chi connectivity index (χ4n) is 2.89. The molecule has 0 saturated carbocycles. The molecule has 2 atom stereocenters. The third-order valence-corrected chi connectivity index (χ3v) is 4.21. The summed E-state index contributed by atoms with van der Waals surface area (Å²) in [6.45, 7) is 2.96. The smallest absolute Gasteiger partial charge is 0.311 e. The lowest BCUT2D eigenvalue weighted by Gasteiger charge is -2.38. The Kier molecular flexibility index (Phi) is 3.52. The summed E-state index contributed by atoms with van der Waals surface area (Å²) in [7, 11) is 1.69. The van der Waals surface area contributed by atoms with E-state index in [-0.39, 0.29) is 30.7 Å². The van der Waals surface area contributed by atoms with Crippen LogP contribution in [0, 0.1) is 11.3 Å². The Balaban J connectivity index is 2.04. The van der Waals surface area contributed by atoms with E-state index in [1.807, 2.05) is 0 Å². The van der Waals surface area contributed by atoms with Crippen molar-refractivity contribution in [2.45, 2.75) is 26.2 Å². The van der Waals surface area contributed by atoms with Gasteiger partial charge in [0.25, 0.3) is 0 Å². The van der Waals surface area contributed by atoms with Gasteiger partial charge in [0.15, 0.2) is 0 Å². The van der Waals surface area contributed by atoms with Crippen LogP contribution < -0.4 is 0 Å². The van der Waals surface area contributed by atoms with Crippen molar-refractivity contribution in [3.8, 4) is 0 Å². The van der Waals surface area contributed by atoms with Crippen LogP contribution in [0.3, 0.4) is 0 Å². The van der Waals surface area contributed by atoms with E-state index in [2.05, 4.69) is 0 Å². The molecule has 2 heterocycles. The Bertz CT molecular complexity index is 423. The van der Waals surface area contributed by atoms with Crippen LogP contribution in [0.25, 0.3) is 0 Å². The third-order valence-electron chi connectivity index (χ3n) is 4.21. The Morgan fingerprint density at radius 2 is 2.11 bits per heavy atom. The predicted molar refractivity (Wildman–Crippen MR) is 67.3 cm³/mol. The first-order chi connectivity index (χ1) is 8.83.